The summed E-state index contributed by atoms with van der Waals surface area (Å²) in [6, 6.07) is 16.7. The summed E-state index contributed by atoms with van der Waals surface area (Å²) in [6.07, 6.45) is -0.148. The molecule has 0 saturated heterocycles. The number of amides is 1. The topological polar surface area (TPSA) is 113 Å². The fourth-order valence-electron chi connectivity index (χ4n) is 4.33. The smallest absolute Gasteiger partial charge is 0.258 e. The van der Waals surface area contributed by atoms with E-state index in [9.17, 15) is 19.6 Å². The Labute approximate surface area is 202 Å². The second-order valence-corrected chi connectivity index (χ2v) is 8.28. The Morgan fingerprint density at radius 1 is 1.03 bits per heavy atom. The van der Waals surface area contributed by atoms with Gasteiger partial charge < -0.3 is 19.7 Å². The van der Waals surface area contributed by atoms with E-state index in [1.807, 2.05) is 61.2 Å². The van der Waals surface area contributed by atoms with Crippen LogP contribution >= 0.6 is 0 Å². The number of nitriles is 1. The number of carbonyl (C=O) groups is 2. The molecule has 1 aliphatic rings. The number of hydrogen-bond donors (Lipinski definition) is 1. The van der Waals surface area contributed by atoms with Crippen molar-refractivity contribution in [3.8, 4) is 6.07 Å². The minimum Gasteiger partial charge on any atom is -0.335 e. The van der Waals surface area contributed by atoms with Gasteiger partial charge in [0.05, 0.1) is 28.8 Å². The number of nitrogens with zero attached hydrogens (tertiary/aromatic N) is 5. The van der Waals surface area contributed by atoms with E-state index in [0.717, 1.165) is 11.4 Å². The maximum absolute atomic E-state index is 13.0. The van der Waals surface area contributed by atoms with Gasteiger partial charge in [0.2, 0.25) is 5.91 Å². The van der Waals surface area contributed by atoms with E-state index in [0.29, 0.717) is 29.1 Å². The quantitative estimate of drug-likeness (QED) is 0.417. The highest BCUT2D eigenvalue weighted by Gasteiger charge is 2.31. The average Bonchev–Trinajstić information content (AvgIpc) is 3.12. The lowest BCUT2D eigenvalue weighted by Gasteiger charge is -2.21. The van der Waals surface area contributed by atoms with Gasteiger partial charge in [-0.25, -0.2) is 4.98 Å². The molecule has 0 radical (unpaired) electrons. The fourth-order valence-corrected chi connectivity index (χ4v) is 4.33. The zero-order chi connectivity index (χ0) is 25.1. The summed E-state index contributed by atoms with van der Waals surface area (Å²) < 4.78 is 0. The van der Waals surface area contributed by atoms with Gasteiger partial charge in [-0.1, -0.05) is 24.3 Å². The van der Waals surface area contributed by atoms with Crippen molar-refractivity contribution in [1.82, 2.24) is 14.9 Å². The van der Waals surface area contributed by atoms with Crippen LogP contribution in [0.4, 0.5) is 11.4 Å². The van der Waals surface area contributed by atoms with Crippen LogP contribution in [0.25, 0.3) is 10.9 Å². The molecule has 1 aromatic heterocycles. The molecule has 1 aliphatic heterocycles. The number of nitrogens with one attached hydrogen (secondary N) is 1. The minimum absolute atomic E-state index is 0.0163. The van der Waals surface area contributed by atoms with Crippen LogP contribution in [0.3, 0.4) is 0 Å². The standard InChI is InChI=1S/C26H26N6O3/c1-4-32(16-23-28-19-10-6-5-9-17(19)25(35)29-23)24(34)14-13-22(33)18(15-27)26-30(2)20-11-7-8-12-21(20)31(26)3/h5-12H,4,13-14,16H2,1-3H3,(H,28,29,35). The van der Waals surface area contributed by atoms with Crippen molar-refractivity contribution >= 4 is 34.0 Å². The molecule has 9 nitrogen and oxygen atoms in total. The number of aromatic amines is 1. The third-order valence-electron chi connectivity index (χ3n) is 6.16. The molecule has 0 atom stereocenters. The zero-order valence-corrected chi connectivity index (χ0v) is 19.9. The molecule has 0 saturated carbocycles. The molecule has 1 N–H and O–H groups in total. The summed E-state index contributed by atoms with van der Waals surface area (Å²) in [4.78, 5) is 50.6. The number of aromatic nitrogens is 2. The predicted octanol–water partition coefficient (Wildman–Crippen LogP) is 2.94. The number of anilines is 2. The normalized spacial score (nSPS) is 12.5. The van der Waals surface area contributed by atoms with Gasteiger partial charge in [0.15, 0.2) is 5.78 Å². The third-order valence-corrected chi connectivity index (χ3v) is 6.16. The molecular formula is C26H26N6O3. The summed E-state index contributed by atoms with van der Waals surface area (Å²) in [7, 11) is 3.62. The highest BCUT2D eigenvalue weighted by molar-refractivity contribution is 6.03. The van der Waals surface area contributed by atoms with E-state index in [2.05, 4.69) is 9.97 Å². The molecule has 1 amide bonds. The summed E-state index contributed by atoms with van der Waals surface area (Å²) >= 11 is 0. The average molecular weight is 471 g/mol. The molecule has 0 fully saturated rings. The van der Waals surface area contributed by atoms with Crippen LogP contribution < -0.4 is 15.4 Å². The van der Waals surface area contributed by atoms with Crippen molar-refractivity contribution < 1.29 is 9.59 Å². The van der Waals surface area contributed by atoms with E-state index in [1.54, 1.807) is 24.3 Å². The van der Waals surface area contributed by atoms with Crippen LogP contribution in [0.1, 0.15) is 25.6 Å². The number of benzene rings is 2. The number of carbonyl (C=O) groups excluding carboxylic acids is 2. The molecule has 2 heterocycles. The molecule has 9 heteroatoms. The molecule has 0 aliphatic carbocycles. The number of hydrogen-bond acceptors (Lipinski definition) is 7. The number of rotatable bonds is 7. The largest absolute Gasteiger partial charge is 0.335 e. The van der Waals surface area contributed by atoms with Crippen molar-refractivity contribution in [3.63, 3.8) is 0 Å². The Balaban J connectivity index is 1.47. The van der Waals surface area contributed by atoms with Crippen LogP contribution in [0.5, 0.6) is 0 Å². The molecular weight excluding hydrogens is 444 g/mol. The second kappa shape index (κ2) is 9.81. The lowest BCUT2D eigenvalue weighted by molar-refractivity contribution is -0.133. The maximum Gasteiger partial charge on any atom is 0.258 e. The van der Waals surface area contributed by atoms with Crippen LogP contribution in [0.2, 0.25) is 0 Å². The number of fused-ring (bicyclic) bond motifs is 2. The first-order valence-corrected chi connectivity index (χ1v) is 11.4. The van der Waals surface area contributed by atoms with Crippen molar-refractivity contribution in [2.24, 2.45) is 0 Å². The Bertz CT molecular complexity index is 1400. The number of H-pyrrole nitrogens is 1. The first-order chi connectivity index (χ1) is 16.8. The van der Waals surface area contributed by atoms with Gasteiger partial charge in [0, 0.05) is 33.5 Å². The first-order valence-electron chi connectivity index (χ1n) is 11.4. The van der Waals surface area contributed by atoms with Gasteiger partial charge in [-0.05, 0) is 31.2 Å². The van der Waals surface area contributed by atoms with E-state index >= 15 is 0 Å². The van der Waals surface area contributed by atoms with Crippen LogP contribution in [0, 0.1) is 11.3 Å². The Kier molecular flexibility index (Phi) is 6.64. The van der Waals surface area contributed by atoms with Crippen LogP contribution in [-0.2, 0) is 16.1 Å². The van der Waals surface area contributed by atoms with Gasteiger partial charge in [0.1, 0.15) is 23.3 Å². The molecule has 178 valence electrons. The lowest BCUT2D eigenvalue weighted by Crippen LogP contribution is -2.32. The maximum atomic E-state index is 13.0. The summed E-state index contributed by atoms with van der Waals surface area (Å²) in [6.45, 7) is 2.33. The number of Topliss-reactive ketones (excluding diaryl/α,β-unsaturated/α-hetero) is 1. The predicted molar refractivity (Wildman–Crippen MR) is 134 cm³/mol. The van der Waals surface area contributed by atoms with E-state index < -0.39 is 5.78 Å². The Morgan fingerprint density at radius 3 is 2.29 bits per heavy atom. The monoisotopic (exact) mass is 470 g/mol. The van der Waals surface area contributed by atoms with Crippen LogP contribution in [0.15, 0.2) is 64.7 Å². The Morgan fingerprint density at radius 2 is 1.66 bits per heavy atom. The third kappa shape index (κ3) is 4.51. The number of para-hydroxylation sites is 3. The number of ketones is 1. The molecule has 3 aromatic rings. The molecule has 0 spiro atoms. The molecule has 2 aromatic carbocycles. The highest BCUT2D eigenvalue weighted by atomic mass is 16.2. The first kappa shape index (κ1) is 23.7. The van der Waals surface area contributed by atoms with E-state index in [-0.39, 0.29) is 36.4 Å². The van der Waals surface area contributed by atoms with Crippen molar-refractivity contribution in [1.29, 1.82) is 5.26 Å². The number of allylic oxidation sites excluding steroid dienone is 1. The second-order valence-electron chi connectivity index (χ2n) is 8.28. The van der Waals surface area contributed by atoms with Gasteiger partial charge in [-0.2, -0.15) is 5.26 Å². The summed E-state index contributed by atoms with van der Waals surface area (Å²) in [5.41, 5.74) is 2.11. The lowest BCUT2D eigenvalue weighted by atomic mass is 10.1. The Hall–Kier alpha value is -4.45. The van der Waals surface area contributed by atoms with Crippen molar-refractivity contribution in [2.75, 3.05) is 30.4 Å². The molecule has 4 rings (SSSR count). The minimum atomic E-state index is -0.393. The van der Waals surface area contributed by atoms with E-state index in [1.165, 1.54) is 4.90 Å². The van der Waals surface area contributed by atoms with Gasteiger partial charge in [0.25, 0.3) is 5.56 Å². The zero-order valence-electron chi connectivity index (χ0n) is 19.9. The van der Waals surface area contributed by atoms with Gasteiger partial charge in [-0.3, -0.25) is 14.4 Å². The fraction of sp³-hybridized carbons (Fsp3) is 0.269. The van der Waals surface area contributed by atoms with E-state index in [4.69, 9.17) is 0 Å². The van der Waals surface area contributed by atoms with Gasteiger partial charge in [-0.15, -0.1) is 0 Å². The molecule has 35 heavy (non-hydrogen) atoms. The summed E-state index contributed by atoms with van der Waals surface area (Å²) in [5, 5.41) is 10.3. The van der Waals surface area contributed by atoms with Crippen molar-refractivity contribution in [3.05, 3.63) is 76.1 Å². The summed E-state index contributed by atoms with van der Waals surface area (Å²) in [5.74, 6) is 0.226. The van der Waals surface area contributed by atoms with Gasteiger partial charge >= 0.3 is 0 Å². The van der Waals surface area contributed by atoms with Crippen molar-refractivity contribution in [2.45, 2.75) is 26.3 Å². The van der Waals surface area contributed by atoms with Crippen LogP contribution in [-0.4, -0.2) is 47.2 Å². The molecule has 0 unspecified atom stereocenters. The highest BCUT2D eigenvalue weighted by Crippen LogP contribution is 2.40. The molecule has 0 bridgehead atoms. The SMILES string of the molecule is CCN(Cc1nc2ccccc2c(=O)[nH]1)C(=O)CCC(=O)C(C#N)=C1N(C)c2ccccc2N1C.